The molecule has 0 bridgehead atoms. The molecule has 0 radical (unpaired) electrons. The van der Waals surface area contributed by atoms with E-state index in [9.17, 15) is 4.79 Å². The van der Waals surface area contributed by atoms with Crippen molar-refractivity contribution in [3.8, 4) is 11.5 Å². The first-order chi connectivity index (χ1) is 13.1. The Hall–Kier alpha value is -2.18. The normalized spacial score (nSPS) is 21.0. The van der Waals surface area contributed by atoms with Gasteiger partial charge in [0.25, 0.3) is 5.91 Å². The van der Waals surface area contributed by atoms with Crippen molar-refractivity contribution in [1.82, 2.24) is 14.8 Å². The second-order valence-electron chi connectivity index (χ2n) is 7.57. The molecule has 6 heteroatoms. The summed E-state index contributed by atoms with van der Waals surface area (Å²) < 4.78 is 11.2. The Kier molecular flexibility index (Phi) is 5.27. The maximum atomic E-state index is 12.4. The monoisotopic (exact) mass is 369 g/mol. The lowest BCUT2D eigenvalue weighted by Gasteiger charge is -2.35. The van der Waals surface area contributed by atoms with E-state index in [1.165, 1.54) is 11.1 Å². The molecular formula is C21H27N3O3. The van der Waals surface area contributed by atoms with Crippen LogP contribution in [0.2, 0.25) is 0 Å². The highest BCUT2D eigenvalue weighted by molar-refractivity contribution is 5.81. The van der Waals surface area contributed by atoms with Crippen molar-refractivity contribution in [2.75, 3.05) is 32.8 Å². The largest absolute Gasteiger partial charge is 0.444 e. The topological polar surface area (TPSA) is 58.8 Å². The molecule has 1 aromatic carbocycles. The maximum absolute atomic E-state index is 12.4. The first kappa shape index (κ1) is 18.2. The van der Waals surface area contributed by atoms with E-state index in [2.05, 4.69) is 41.9 Å². The van der Waals surface area contributed by atoms with Gasteiger partial charge in [0.1, 0.15) is 12.4 Å². The standard InChI is InChI=1S/C21H27N3O3/c1-15-5-6-18(16(2)12-15)20-22-17(14-27-20)13-23-7-9-24(10-8-23)21(25)19-4-3-11-26-19/h5-6,12,14,19H,3-4,7-11,13H2,1-2H3/t19-/m0/s1. The van der Waals surface area contributed by atoms with Crippen LogP contribution in [0.1, 0.15) is 29.7 Å². The van der Waals surface area contributed by atoms with Gasteiger partial charge in [-0.15, -0.1) is 0 Å². The summed E-state index contributed by atoms with van der Waals surface area (Å²) in [6.07, 6.45) is 3.38. The van der Waals surface area contributed by atoms with Crippen LogP contribution in [-0.4, -0.2) is 59.6 Å². The lowest BCUT2D eigenvalue weighted by molar-refractivity contribution is -0.142. The number of benzene rings is 1. The molecule has 0 N–H and O–H groups in total. The average molecular weight is 369 g/mol. The van der Waals surface area contributed by atoms with Gasteiger partial charge in [0.05, 0.1) is 5.69 Å². The maximum Gasteiger partial charge on any atom is 0.251 e. The third-order valence-corrected chi connectivity index (χ3v) is 5.44. The second kappa shape index (κ2) is 7.82. The summed E-state index contributed by atoms with van der Waals surface area (Å²) in [5.74, 6) is 0.834. The van der Waals surface area contributed by atoms with Crippen LogP contribution in [0.25, 0.3) is 11.5 Å². The zero-order valence-electron chi connectivity index (χ0n) is 16.1. The van der Waals surface area contributed by atoms with Gasteiger partial charge < -0.3 is 14.1 Å². The predicted octanol–water partition coefficient (Wildman–Crippen LogP) is 2.78. The number of rotatable bonds is 4. The van der Waals surface area contributed by atoms with Gasteiger partial charge in [-0.2, -0.15) is 0 Å². The van der Waals surface area contributed by atoms with Crippen molar-refractivity contribution in [2.45, 2.75) is 39.3 Å². The van der Waals surface area contributed by atoms with E-state index in [1.54, 1.807) is 6.26 Å². The summed E-state index contributed by atoms with van der Waals surface area (Å²) in [5, 5.41) is 0. The van der Waals surface area contributed by atoms with Crippen LogP contribution in [0.5, 0.6) is 0 Å². The minimum absolute atomic E-state index is 0.158. The quantitative estimate of drug-likeness (QED) is 0.829. The van der Waals surface area contributed by atoms with Gasteiger partial charge in [-0.05, 0) is 38.3 Å². The van der Waals surface area contributed by atoms with Crippen LogP contribution in [0, 0.1) is 13.8 Å². The number of piperazine rings is 1. The summed E-state index contributed by atoms with van der Waals surface area (Å²) in [6.45, 7) is 8.83. The van der Waals surface area contributed by atoms with Crippen LogP contribution >= 0.6 is 0 Å². The summed E-state index contributed by atoms with van der Waals surface area (Å²) >= 11 is 0. The molecule has 2 aromatic rings. The fraction of sp³-hybridized carbons (Fsp3) is 0.524. The van der Waals surface area contributed by atoms with Crippen LogP contribution in [0.4, 0.5) is 0 Å². The molecular weight excluding hydrogens is 342 g/mol. The van der Waals surface area contributed by atoms with E-state index < -0.39 is 0 Å². The number of hydrogen-bond acceptors (Lipinski definition) is 5. The number of carbonyl (C=O) groups excluding carboxylic acids is 1. The first-order valence-electron chi connectivity index (χ1n) is 9.75. The molecule has 0 aliphatic carbocycles. The predicted molar refractivity (Wildman–Crippen MR) is 102 cm³/mol. The van der Waals surface area contributed by atoms with Gasteiger partial charge in [0, 0.05) is 44.9 Å². The minimum Gasteiger partial charge on any atom is -0.444 e. The number of aromatic nitrogens is 1. The highest BCUT2D eigenvalue weighted by atomic mass is 16.5. The van der Waals surface area contributed by atoms with Crippen molar-refractivity contribution >= 4 is 5.91 Å². The number of carbonyl (C=O) groups is 1. The number of amides is 1. The van der Waals surface area contributed by atoms with Gasteiger partial charge in [-0.3, -0.25) is 9.69 Å². The van der Waals surface area contributed by atoms with Crippen LogP contribution in [0.15, 0.2) is 28.9 Å². The number of oxazole rings is 1. The Morgan fingerprint density at radius 3 is 2.74 bits per heavy atom. The molecule has 0 unspecified atom stereocenters. The molecule has 4 rings (SSSR count). The average Bonchev–Trinajstić information content (AvgIpc) is 3.34. The van der Waals surface area contributed by atoms with Crippen molar-refractivity contribution < 1.29 is 13.9 Å². The fourth-order valence-corrected chi connectivity index (χ4v) is 3.89. The van der Waals surface area contributed by atoms with E-state index in [4.69, 9.17) is 9.15 Å². The van der Waals surface area contributed by atoms with Crippen LogP contribution in [-0.2, 0) is 16.1 Å². The van der Waals surface area contributed by atoms with Gasteiger partial charge >= 0.3 is 0 Å². The molecule has 2 saturated heterocycles. The zero-order chi connectivity index (χ0) is 18.8. The van der Waals surface area contributed by atoms with Crippen molar-refractivity contribution in [3.63, 3.8) is 0 Å². The van der Waals surface area contributed by atoms with E-state index in [0.29, 0.717) is 12.5 Å². The number of nitrogens with zero attached hydrogens (tertiary/aromatic N) is 3. The molecule has 3 heterocycles. The minimum atomic E-state index is -0.215. The summed E-state index contributed by atoms with van der Waals surface area (Å²) in [7, 11) is 0. The number of hydrogen-bond donors (Lipinski definition) is 0. The molecule has 0 spiro atoms. The Bertz CT molecular complexity index is 803. The molecule has 6 nitrogen and oxygen atoms in total. The van der Waals surface area contributed by atoms with Crippen molar-refractivity contribution in [3.05, 3.63) is 41.3 Å². The SMILES string of the molecule is Cc1ccc(-c2nc(CN3CCN(C(=O)[C@@H]4CCCO4)CC3)co2)c(C)c1. The molecule has 1 atom stereocenters. The number of ether oxygens (including phenoxy) is 1. The summed E-state index contributed by atoms with van der Waals surface area (Å²) in [5.41, 5.74) is 4.38. The lowest BCUT2D eigenvalue weighted by Crippen LogP contribution is -2.51. The Labute approximate surface area is 160 Å². The molecule has 27 heavy (non-hydrogen) atoms. The van der Waals surface area contributed by atoms with Crippen molar-refractivity contribution in [2.24, 2.45) is 0 Å². The number of aryl methyl sites for hydroxylation is 2. The second-order valence-corrected chi connectivity index (χ2v) is 7.57. The molecule has 1 amide bonds. The molecule has 2 aliphatic heterocycles. The first-order valence-corrected chi connectivity index (χ1v) is 9.75. The van der Waals surface area contributed by atoms with E-state index >= 15 is 0 Å². The highest BCUT2D eigenvalue weighted by Gasteiger charge is 2.30. The smallest absolute Gasteiger partial charge is 0.251 e. The van der Waals surface area contributed by atoms with Gasteiger partial charge in [0.15, 0.2) is 0 Å². The van der Waals surface area contributed by atoms with E-state index in [1.807, 2.05) is 4.90 Å². The molecule has 2 aliphatic rings. The Morgan fingerprint density at radius 2 is 2.04 bits per heavy atom. The third kappa shape index (κ3) is 4.06. The van der Waals surface area contributed by atoms with Crippen molar-refractivity contribution in [1.29, 1.82) is 0 Å². The van der Waals surface area contributed by atoms with E-state index in [0.717, 1.165) is 56.8 Å². The van der Waals surface area contributed by atoms with Gasteiger partial charge in [-0.25, -0.2) is 4.98 Å². The van der Waals surface area contributed by atoms with E-state index in [-0.39, 0.29) is 12.0 Å². The lowest BCUT2D eigenvalue weighted by atomic mass is 10.1. The molecule has 144 valence electrons. The van der Waals surface area contributed by atoms with Gasteiger partial charge in [0.2, 0.25) is 5.89 Å². The summed E-state index contributed by atoms with van der Waals surface area (Å²) in [4.78, 5) is 21.4. The third-order valence-electron chi connectivity index (χ3n) is 5.44. The molecule has 0 saturated carbocycles. The zero-order valence-corrected chi connectivity index (χ0v) is 16.1. The molecule has 2 fully saturated rings. The summed E-state index contributed by atoms with van der Waals surface area (Å²) in [6, 6.07) is 6.29. The Morgan fingerprint density at radius 1 is 1.22 bits per heavy atom. The van der Waals surface area contributed by atoms with Crippen LogP contribution in [0.3, 0.4) is 0 Å². The molecule has 1 aromatic heterocycles. The van der Waals surface area contributed by atoms with Crippen LogP contribution < -0.4 is 0 Å². The van der Waals surface area contributed by atoms with Gasteiger partial charge in [-0.1, -0.05) is 17.7 Å². The Balaban J connectivity index is 1.33. The highest BCUT2D eigenvalue weighted by Crippen LogP contribution is 2.24. The fourth-order valence-electron chi connectivity index (χ4n) is 3.89.